The fourth-order valence-corrected chi connectivity index (χ4v) is 3.07. The van der Waals surface area contributed by atoms with E-state index in [0.29, 0.717) is 17.4 Å². The number of aromatic nitrogens is 4. The molecule has 2 aromatic heterocycles. The van der Waals surface area contributed by atoms with E-state index in [9.17, 15) is 9.18 Å². The van der Waals surface area contributed by atoms with Crippen molar-refractivity contribution in [2.45, 2.75) is 33.4 Å². The van der Waals surface area contributed by atoms with Crippen molar-refractivity contribution in [1.29, 1.82) is 0 Å². The second-order valence-electron chi connectivity index (χ2n) is 6.27. The molecule has 27 heavy (non-hydrogen) atoms. The maximum absolute atomic E-state index is 13.2. The molecule has 1 unspecified atom stereocenters. The number of aryl methyl sites for hydroxylation is 2. The van der Waals surface area contributed by atoms with Crippen LogP contribution in [0.3, 0.4) is 0 Å². The molecule has 9 heteroatoms. The molecule has 1 aromatic carbocycles. The Labute approximate surface area is 169 Å². The Morgan fingerprint density at radius 3 is 2.70 bits per heavy atom. The maximum Gasteiger partial charge on any atom is 0.250 e. The van der Waals surface area contributed by atoms with Crippen LogP contribution in [0.15, 0.2) is 34.9 Å². The van der Waals surface area contributed by atoms with Crippen LogP contribution in [0.2, 0.25) is 5.02 Å². The molecule has 0 saturated heterocycles. The predicted octanol–water partition coefficient (Wildman–Crippen LogP) is 4.50. The van der Waals surface area contributed by atoms with E-state index in [1.54, 1.807) is 34.6 Å². The molecule has 3 rings (SSSR count). The molecular weight excluding hydrogens is 437 g/mol. The predicted molar refractivity (Wildman–Crippen MR) is 105 cm³/mol. The monoisotopic (exact) mass is 453 g/mol. The van der Waals surface area contributed by atoms with Crippen molar-refractivity contribution in [3.05, 3.63) is 62.7 Å². The second-order valence-corrected chi connectivity index (χ2v) is 7.53. The molecule has 2 heterocycles. The average Bonchev–Trinajstić information content (AvgIpc) is 3.11. The molecule has 0 aliphatic heterocycles. The van der Waals surface area contributed by atoms with Crippen LogP contribution in [-0.4, -0.2) is 25.5 Å². The number of carbonyl (C=O) groups excluding carboxylic acids is 1. The molecule has 0 bridgehead atoms. The van der Waals surface area contributed by atoms with E-state index in [4.69, 9.17) is 11.6 Å². The third kappa shape index (κ3) is 4.39. The highest BCUT2D eigenvalue weighted by Crippen LogP contribution is 2.21. The molecule has 1 N–H and O–H groups in total. The summed E-state index contributed by atoms with van der Waals surface area (Å²) in [4.78, 5) is 12.5. The fraction of sp³-hybridized carbons (Fsp3) is 0.278. The Hall–Kier alpha value is -2.19. The van der Waals surface area contributed by atoms with Gasteiger partial charge in [-0.05, 0) is 54.4 Å². The van der Waals surface area contributed by atoms with E-state index in [1.165, 1.54) is 12.1 Å². The number of benzene rings is 1. The SMILES string of the molecule is Cc1nn(C(C)C(=O)Nc2cc(C)n(Cc3ccc(F)cc3Cl)n2)cc1Br. The highest BCUT2D eigenvalue weighted by atomic mass is 79.9. The Balaban J connectivity index is 1.73. The van der Waals surface area contributed by atoms with Crippen LogP contribution >= 0.6 is 27.5 Å². The number of rotatable bonds is 5. The van der Waals surface area contributed by atoms with Gasteiger partial charge in [0.05, 0.1) is 16.7 Å². The molecule has 0 fully saturated rings. The van der Waals surface area contributed by atoms with Gasteiger partial charge in [0, 0.05) is 23.0 Å². The van der Waals surface area contributed by atoms with Gasteiger partial charge < -0.3 is 5.32 Å². The van der Waals surface area contributed by atoms with Crippen LogP contribution in [0.4, 0.5) is 10.2 Å². The van der Waals surface area contributed by atoms with E-state index < -0.39 is 6.04 Å². The average molecular weight is 455 g/mol. The highest BCUT2D eigenvalue weighted by molar-refractivity contribution is 9.10. The molecule has 142 valence electrons. The van der Waals surface area contributed by atoms with E-state index in [2.05, 4.69) is 31.4 Å². The summed E-state index contributed by atoms with van der Waals surface area (Å²) in [6.07, 6.45) is 1.76. The van der Waals surface area contributed by atoms with Crippen LogP contribution in [0.1, 0.15) is 29.9 Å². The van der Waals surface area contributed by atoms with Crippen LogP contribution in [-0.2, 0) is 11.3 Å². The standard InChI is InChI=1S/C18H18BrClFN5O/c1-10-6-17(22-18(27)12(3)26-9-15(19)11(2)23-26)24-25(10)8-13-4-5-14(21)7-16(13)20/h4-7,9,12H,8H2,1-3H3,(H,22,24,27). The molecule has 1 atom stereocenters. The van der Waals surface area contributed by atoms with Gasteiger partial charge in [-0.1, -0.05) is 17.7 Å². The number of amides is 1. The van der Waals surface area contributed by atoms with Crippen molar-refractivity contribution in [2.24, 2.45) is 0 Å². The highest BCUT2D eigenvalue weighted by Gasteiger charge is 2.19. The van der Waals surface area contributed by atoms with Crippen molar-refractivity contribution in [3.63, 3.8) is 0 Å². The summed E-state index contributed by atoms with van der Waals surface area (Å²) in [5.41, 5.74) is 2.40. The van der Waals surface area contributed by atoms with Gasteiger partial charge >= 0.3 is 0 Å². The Kier molecular flexibility index (Phi) is 5.67. The zero-order valence-electron chi connectivity index (χ0n) is 15.0. The summed E-state index contributed by atoms with van der Waals surface area (Å²) in [5, 5.41) is 11.8. The summed E-state index contributed by atoms with van der Waals surface area (Å²) in [6.45, 7) is 5.87. The van der Waals surface area contributed by atoms with Crippen molar-refractivity contribution in [1.82, 2.24) is 19.6 Å². The summed E-state index contributed by atoms with van der Waals surface area (Å²) >= 11 is 9.47. The lowest BCUT2D eigenvalue weighted by Crippen LogP contribution is -2.24. The molecule has 0 radical (unpaired) electrons. The first-order valence-electron chi connectivity index (χ1n) is 8.25. The van der Waals surface area contributed by atoms with Gasteiger partial charge in [-0.2, -0.15) is 10.2 Å². The Morgan fingerprint density at radius 1 is 1.33 bits per heavy atom. The van der Waals surface area contributed by atoms with Crippen LogP contribution < -0.4 is 5.32 Å². The van der Waals surface area contributed by atoms with Crippen LogP contribution in [0, 0.1) is 19.7 Å². The van der Waals surface area contributed by atoms with Gasteiger partial charge in [0.25, 0.3) is 0 Å². The van der Waals surface area contributed by atoms with Gasteiger partial charge in [-0.25, -0.2) is 4.39 Å². The zero-order valence-corrected chi connectivity index (χ0v) is 17.3. The fourth-order valence-electron chi connectivity index (χ4n) is 2.55. The molecule has 0 saturated carbocycles. The number of hydrogen-bond donors (Lipinski definition) is 1. The first-order valence-corrected chi connectivity index (χ1v) is 9.42. The van der Waals surface area contributed by atoms with Crippen molar-refractivity contribution < 1.29 is 9.18 Å². The number of carbonyl (C=O) groups is 1. The molecule has 0 aliphatic rings. The number of nitrogens with zero attached hydrogens (tertiary/aromatic N) is 4. The van der Waals surface area contributed by atoms with Crippen molar-refractivity contribution >= 4 is 39.3 Å². The normalized spacial score (nSPS) is 12.2. The van der Waals surface area contributed by atoms with Gasteiger partial charge in [0.1, 0.15) is 11.9 Å². The lowest BCUT2D eigenvalue weighted by Gasteiger charge is -2.11. The smallest absolute Gasteiger partial charge is 0.250 e. The molecular formula is C18H18BrClFN5O. The Morgan fingerprint density at radius 2 is 2.07 bits per heavy atom. The summed E-state index contributed by atoms with van der Waals surface area (Å²) < 4.78 is 17.3. The first-order chi connectivity index (χ1) is 12.7. The number of hydrogen-bond acceptors (Lipinski definition) is 3. The third-order valence-electron chi connectivity index (χ3n) is 4.20. The second kappa shape index (κ2) is 7.82. The lowest BCUT2D eigenvalue weighted by atomic mass is 10.2. The topological polar surface area (TPSA) is 64.7 Å². The van der Waals surface area contributed by atoms with Gasteiger partial charge in [0.2, 0.25) is 5.91 Å². The lowest BCUT2D eigenvalue weighted by molar-refractivity contribution is -0.119. The molecule has 3 aromatic rings. The summed E-state index contributed by atoms with van der Waals surface area (Å²) in [7, 11) is 0. The van der Waals surface area contributed by atoms with E-state index >= 15 is 0 Å². The van der Waals surface area contributed by atoms with E-state index in [-0.39, 0.29) is 11.7 Å². The summed E-state index contributed by atoms with van der Waals surface area (Å²) in [6, 6.07) is 5.52. The van der Waals surface area contributed by atoms with Gasteiger partial charge in [-0.3, -0.25) is 14.2 Å². The van der Waals surface area contributed by atoms with Gasteiger partial charge in [-0.15, -0.1) is 0 Å². The number of anilines is 1. The maximum atomic E-state index is 13.2. The molecule has 1 amide bonds. The van der Waals surface area contributed by atoms with Crippen LogP contribution in [0.25, 0.3) is 0 Å². The molecule has 0 aliphatic carbocycles. The quantitative estimate of drug-likeness (QED) is 0.617. The van der Waals surface area contributed by atoms with Crippen molar-refractivity contribution in [3.8, 4) is 0 Å². The zero-order chi connectivity index (χ0) is 19.7. The van der Waals surface area contributed by atoms with Gasteiger partial charge in [0.15, 0.2) is 5.82 Å². The van der Waals surface area contributed by atoms with Crippen LogP contribution in [0.5, 0.6) is 0 Å². The number of nitrogens with one attached hydrogen (secondary N) is 1. The first kappa shape index (κ1) is 19.6. The molecule has 6 nitrogen and oxygen atoms in total. The number of halogens is 3. The Bertz CT molecular complexity index is 980. The minimum atomic E-state index is -0.494. The van der Waals surface area contributed by atoms with E-state index in [1.807, 2.05) is 13.8 Å². The minimum absolute atomic E-state index is 0.227. The summed E-state index contributed by atoms with van der Waals surface area (Å²) in [5.74, 6) is -0.177. The molecule has 0 spiro atoms. The van der Waals surface area contributed by atoms with E-state index in [0.717, 1.165) is 21.4 Å². The van der Waals surface area contributed by atoms with Crippen molar-refractivity contribution in [2.75, 3.05) is 5.32 Å². The minimum Gasteiger partial charge on any atom is -0.307 e. The third-order valence-corrected chi connectivity index (χ3v) is 5.33. The largest absolute Gasteiger partial charge is 0.307 e.